The summed E-state index contributed by atoms with van der Waals surface area (Å²) in [6.07, 6.45) is 4.23. The molecule has 15 heavy (non-hydrogen) atoms. The standard InChI is InChI=1S/C10H16BF4/c12-5-3-1-2-4-9-6-10(7-9,8-9)11(13,14)15/h1-8H2/q-1. The second-order valence-electron chi connectivity index (χ2n) is 5.47. The lowest BCUT2D eigenvalue weighted by molar-refractivity contribution is -0.119. The van der Waals surface area contributed by atoms with E-state index in [-0.39, 0.29) is 12.1 Å². The second-order valence-corrected chi connectivity index (χ2v) is 5.47. The van der Waals surface area contributed by atoms with Gasteiger partial charge in [-0.1, -0.05) is 37.4 Å². The fourth-order valence-electron chi connectivity index (χ4n) is 3.47. The summed E-state index contributed by atoms with van der Waals surface area (Å²) < 4.78 is 49.4. The number of halogens is 4. The van der Waals surface area contributed by atoms with Gasteiger partial charge in [-0.3, -0.25) is 4.39 Å². The molecule has 5 heteroatoms. The highest BCUT2D eigenvalue weighted by Crippen LogP contribution is 2.83. The van der Waals surface area contributed by atoms with Crippen LogP contribution in [0.3, 0.4) is 0 Å². The molecule has 0 aromatic rings. The van der Waals surface area contributed by atoms with Crippen molar-refractivity contribution in [2.75, 3.05) is 6.67 Å². The monoisotopic (exact) mass is 223 g/mol. The van der Waals surface area contributed by atoms with Crippen LogP contribution in [0.4, 0.5) is 17.3 Å². The summed E-state index contributed by atoms with van der Waals surface area (Å²) in [5.41, 5.74) is 0.00752. The van der Waals surface area contributed by atoms with Gasteiger partial charge in [0, 0.05) is 0 Å². The Hall–Kier alpha value is -0.215. The Bertz CT molecular complexity index is 229. The van der Waals surface area contributed by atoms with E-state index in [0.29, 0.717) is 25.7 Å². The van der Waals surface area contributed by atoms with Gasteiger partial charge in [0.1, 0.15) is 0 Å². The van der Waals surface area contributed by atoms with Crippen molar-refractivity contribution in [3.05, 3.63) is 0 Å². The molecule has 0 unspecified atom stereocenters. The minimum atomic E-state index is -4.62. The zero-order valence-electron chi connectivity index (χ0n) is 8.75. The van der Waals surface area contributed by atoms with Gasteiger partial charge in [-0.2, -0.15) is 0 Å². The molecule has 2 bridgehead atoms. The number of hydrogen-bond donors (Lipinski definition) is 0. The molecular formula is C10H16BF4-. The first-order chi connectivity index (χ1) is 6.93. The van der Waals surface area contributed by atoms with Crippen LogP contribution in [-0.2, 0) is 0 Å². The van der Waals surface area contributed by atoms with E-state index in [4.69, 9.17) is 0 Å². The van der Waals surface area contributed by atoms with Crippen LogP contribution >= 0.6 is 0 Å². The quantitative estimate of drug-likeness (QED) is 0.358. The molecule has 0 saturated heterocycles. The molecule has 3 aliphatic rings. The minimum absolute atomic E-state index is 0.00752. The van der Waals surface area contributed by atoms with Gasteiger partial charge in [0.25, 0.3) is 0 Å². The topological polar surface area (TPSA) is 0 Å². The van der Waals surface area contributed by atoms with Gasteiger partial charge in [0.05, 0.1) is 6.67 Å². The van der Waals surface area contributed by atoms with Crippen LogP contribution in [0, 0.1) is 5.41 Å². The molecule has 0 heterocycles. The van der Waals surface area contributed by atoms with Crippen LogP contribution in [0.5, 0.6) is 0 Å². The Morgan fingerprint density at radius 3 is 2.00 bits per heavy atom. The third-order valence-electron chi connectivity index (χ3n) is 4.22. The first kappa shape index (κ1) is 11.3. The molecule has 0 radical (unpaired) electrons. The molecule has 3 aliphatic carbocycles. The highest BCUT2D eigenvalue weighted by atomic mass is 19.4. The van der Waals surface area contributed by atoms with E-state index in [9.17, 15) is 17.3 Å². The van der Waals surface area contributed by atoms with Crippen molar-refractivity contribution in [3.8, 4) is 0 Å². The largest absolute Gasteiger partial charge is 0.484 e. The summed E-state index contributed by atoms with van der Waals surface area (Å²) in [5.74, 6) is 0. The Kier molecular flexibility index (Phi) is 2.55. The minimum Gasteiger partial charge on any atom is -0.449 e. The van der Waals surface area contributed by atoms with Crippen LogP contribution in [-0.4, -0.2) is 13.7 Å². The van der Waals surface area contributed by atoms with E-state index in [1.807, 2.05) is 0 Å². The van der Waals surface area contributed by atoms with Gasteiger partial charge in [-0.05, 0) is 18.3 Å². The molecule has 0 aliphatic heterocycles. The van der Waals surface area contributed by atoms with E-state index >= 15 is 0 Å². The summed E-state index contributed by atoms with van der Waals surface area (Å²) in [5, 5.41) is -1.25. The molecule has 0 aromatic heterocycles. The van der Waals surface area contributed by atoms with Crippen molar-refractivity contribution in [2.45, 2.75) is 50.3 Å². The molecular weight excluding hydrogens is 207 g/mol. The van der Waals surface area contributed by atoms with E-state index in [1.54, 1.807) is 0 Å². The van der Waals surface area contributed by atoms with Gasteiger partial charge >= 0.3 is 6.98 Å². The third kappa shape index (κ3) is 1.68. The molecule has 0 N–H and O–H groups in total. The maximum atomic E-state index is 12.5. The summed E-state index contributed by atoms with van der Waals surface area (Å²) >= 11 is 0. The Balaban J connectivity index is 1.69. The summed E-state index contributed by atoms with van der Waals surface area (Å²) in [4.78, 5) is 0. The summed E-state index contributed by atoms with van der Waals surface area (Å²) in [6.45, 7) is -4.93. The second kappa shape index (κ2) is 3.39. The smallest absolute Gasteiger partial charge is 0.449 e. The fourth-order valence-corrected chi connectivity index (χ4v) is 3.47. The highest BCUT2D eigenvalue weighted by Gasteiger charge is 2.72. The lowest BCUT2D eigenvalue weighted by Gasteiger charge is -2.76. The van der Waals surface area contributed by atoms with E-state index in [1.165, 1.54) is 0 Å². The Morgan fingerprint density at radius 1 is 0.933 bits per heavy atom. The lowest BCUT2D eigenvalue weighted by atomic mass is 9.23. The normalized spacial score (nSPS) is 38.4. The van der Waals surface area contributed by atoms with Crippen molar-refractivity contribution >= 4 is 6.98 Å². The van der Waals surface area contributed by atoms with Gasteiger partial charge in [0.2, 0.25) is 0 Å². The first-order valence-electron chi connectivity index (χ1n) is 5.69. The molecule has 0 spiro atoms. The number of alkyl halides is 1. The maximum absolute atomic E-state index is 12.5. The molecule has 0 amide bonds. The highest BCUT2D eigenvalue weighted by molar-refractivity contribution is 6.63. The van der Waals surface area contributed by atoms with Gasteiger partial charge < -0.3 is 12.9 Å². The van der Waals surface area contributed by atoms with E-state index in [0.717, 1.165) is 19.3 Å². The van der Waals surface area contributed by atoms with Crippen LogP contribution in [0.25, 0.3) is 0 Å². The maximum Gasteiger partial charge on any atom is 0.484 e. The number of hydrogen-bond acceptors (Lipinski definition) is 0. The number of rotatable bonds is 6. The predicted octanol–water partition coefficient (Wildman–Crippen LogP) is 4.29. The molecule has 0 atom stereocenters. The van der Waals surface area contributed by atoms with Crippen LogP contribution in [0.1, 0.15) is 44.9 Å². The predicted molar refractivity (Wildman–Crippen MR) is 52.5 cm³/mol. The Morgan fingerprint density at radius 2 is 1.53 bits per heavy atom. The average Bonchev–Trinajstić information content (AvgIpc) is 1.95. The molecule has 3 saturated carbocycles. The summed E-state index contributed by atoms with van der Waals surface area (Å²) in [7, 11) is 0. The molecule has 3 rings (SSSR count). The Labute approximate surface area is 87.5 Å². The van der Waals surface area contributed by atoms with Crippen molar-refractivity contribution in [2.24, 2.45) is 5.41 Å². The zero-order valence-corrected chi connectivity index (χ0v) is 8.75. The fraction of sp³-hybridized carbons (Fsp3) is 1.00. The van der Waals surface area contributed by atoms with Crippen molar-refractivity contribution < 1.29 is 17.3 Å². The summed E-state index contributed by atoms with van der Waals surface area (Å²) in [6, 6.07) is 0. The van der Waals surface area contributed by atoms with E-state index in [2.05, 4.69) is 0 Å². The van der Waals surface area contributed by atoms with Crippen LogP contribution in [0.2, 0.25) is 5.31 Å². The molecule has 3 fully saturated rings. The third-order valence-corrected chi connectivity index (χ3v) is 4.22. The van der Waals surface area contributed by atoms with E-state index < -0.39 is 12.3 Å². The molecule has 88 valence electrons. The lowest BCUT2D eigenvalue weighted by Crippen LogP contribution is -2.64. The first-order valence-corrected chi connectivity index (χ1v) is 5.69. The van der Waals surface area contributed by atoms with Gasteiger partial charge in [0.15, 0.2) is 0 Å². The molecule has 0 nitrogen and oxygen atoms in total. The van der Waals surface area contributed by atoms with Crippen LogP contribution < -0.4 is 0 Å². The van der Waals surface area contributed by atoms with Crippen molar-refractivity contribution in [1.82, 2.24) is 0 Å². The average molecular weight is 223 g/mol. The number of unbranched alkanes of at least 4 members (excludes halogenated alkanes) is 2. The SMILES string of the molecule is FCCCCCC12CC([B-](F)(F)F)(C1)C2. The van der Waals surface area contributed by atoms with Gasteiger partial charge in [-0.25, -0.2) is 0 Å². The van der Waals surface area contributed by atoms with Gasteiger partial charge in [-0.15, -0.1) is 0 Å². The van der Waals surface area contributed by atoms with Crippen molar-refractivity contribution in [3.63, 3.8) is 0 Å². The molecule has 0 aromatic carbocycles. The van der Waals surface area contributed by atoms with Crippen molar-refractivity contribution in [1.29, 1.82) is 0 Å². The zero-order chi connectivity index (χ0) is 11.2. The van der Waals surface area contributed by atoms with Crippen LogP contribution in [0.15, 0.2) is 0 Å².